The molecule has 1 aliphatic rings. The van der Waals surface area contributed by atoms with Gasteiger partial charge in [-0.25, -0.2) is 0 Å². The first-order chi connectivity index (χ1) is 14.0. The van der Waals surface area contributed by atoms with Crippen LogP contribution in [-0.4, -0.2) is 42.2 Å². The van der Waals surface area contributed by atoms with Gasteiger partial charge in [0.25, 0.3) is 11.1 Å². The van der Waals surface area contributed by atoms with E-state index in [4.69, 9.17) is 9.47 Å². The molecule has 8 heteroatoms. The van der Waals surface area contributed by atoms with Crippen molar-refractivity contribution >= 4 is 40.6 Å². The van der Waals surface area contributed by atoms with Crippen molar-refractivity contribution in [3.63, 3.8) is 0 Å². The highest BCUT2D eigenvalue weighted by Gasteiger charge is 2.36. The number of carbonyl (C=O) groups is 3. The van der Waals surface area contributed by atoms with Crippen LogP contribution in [0.5, 0.6) is 11.5 Å². The minimum Gasteiger partial charge on any atom is -0.493 e. The van der Waals surface area contributed by atoms with Crippen LogP contribution in [0.3, 0.4) is 0 Å². The van der Waals surface area contributed by atoms with Crippen molar-refractivity contribution in [2.24, 2.45) is 0 Å². The van der Waals surface area contributed by atoms with Crippen LogP contribution in [-0.2, 0) is 9.59 Å². The molecule has 0 spiro atoms. The van der Waals surface area contributed by atoms with Gasteiger partial charge in [-0.3, -0.25) is 19.3 Å². The lowest BCUT2D eigenvalue weighted by atomic mass is 10.1. The molecule has 1 N–H and O–H groups in total. The van der Waals surface area contributed by atoms with Crippen molar-refractivity contribution in [2.45, 2.75) is 6.92 Å². The Labute approximate surface area is 172 Å². The highest BCUT2D eigenvalue weighted by atomic mass is 32.2. The van der Waals surface area contributed by atoms with E-state index in [0.29, 0.717) is 29.4 Å². The molecule has 0 bridgehead atoms. The van der Waals surface area contributed by atoms with Crippen LogP contribution in [0.4, 0.5) is 10.5 Å². The highest BCUT2D eigenvalue weighted by Crippen LogP contribution is 2.37. The largest absolute Gasteiger partial charge is 0.493 e. The van der Waals surface area contributed by atoms with Crippen molar-refractivity contribution in [1.29, 1.82) is 0 Å². The molecular formula is C21H20N2O5S. The van der Waals surface area contributed by atoms with Gasteiger partial charge in [-0.15, -0.1) is 0 Å². The van der Waals surface area contributed by atoms with E-state index in [9.17, 15) is 14.4 Å². The van der Waals surface area contributed by atoms with Crippen molar-refractivity contribution in [1.82, 2.24) is 4.90 Å². The maximum atomic E-state index is 12.7. The van der Waals surface area contributed by atoms with Crippen LogP contribution in [0.2, 0.25) is 0 Å². The Bertz CT molecular complexity index is 959. The number of rotatable bonds is 7. The van der Waals surface area contributed by atoms with E-state index < -0.39 is 17.1 Å². The maximum Gasteiger partial charge on any atom is 0.294 e. The number of thioether (sulfide) groups is 1. The second-order valence-electron chi connectivity index (χ2n) is 5.99. The first kappa shape index (κ1) is 20.5. The lowest BCUT2D eigenvalue weighted by Crippen LogP contribution is -2.36. The molecular weight excluding hydrogens is 392 g/mol. The predicted octanol–water partition coefficient (Wildman–Crippen LogP) is 3.77. The monoisotopic (exact) mass is 412 g/mol. The molecule has 0 aromatic heterocycles. The fourth-order valence-electron chi connectivity index (χ4n) is 2.75. The number of nitrogens with zero attached hydrogens (tertiary/aromatic N) is 1. The Kier molecular flexibility index (Phi) is 6.56. The molecule has 1 fully saturated rings. The molecule has 3 rings (SSSR count). The number of anilines is 1. The van der Waals surface area contributed by atoms with E-state index in [2.05, 4.69) is 5.32 Å². The topological polar surface area (TPSA) is 84.9 Å². The molecule has 7 nitrogen and oxygen atoms in total. The summed E-state index contributed by atoms with van der Waals surface area (Å²) in [4.78, 5) is 38.4. The molecule has 1 saturated heterocycles. The number of benzene rings is 2. The first-order valence-electron chi connectivity index (χ1n) is 8.93. The van der Waals surface area contributed by atoms with Gasteiger partial charge in [-0.1, -0.05) is 30.3 Å². The second kappa shape index (κ2) is 9.29. The van der Waals surface area contributed by atoms with Crippen molar-refractivity contribution in [3.05, 3.63) is 59.0 Å². The zero-order valence-electron chi connectivity index (χ0n) is 16.0. The summed E-state index contributed by atoms with van der Waals surface area (Å²) in [5.41, 5.74) is 1.21. The van der Waals surface area contributed by atoms with E-state index in [0.717, 1.165) is 16.7 Å². The minimum atomic E-state index is -0.520. The van der Waals surface area contributed by atoms with Crippen LogP contribution in [0.1, 0.15) is 12.5 Å². The normalized spacial score (nSPS) is 15.0. The van der Waals surface area contributed by atoms with Crippen LogP contribution in [0.25, 0.3) is 6.08 Å². The summed E-state index contributed by atoms with van der Waals surface area (Å²) < 4.78 is 10.9. The van der Waals surface area contributed by atoms with Gasteiger partial charge in [-0.2, -0.15) is 0 Å². The summed E-state index contributed by atoms with van der Waals surface area (Å²) in [6.45, 7) is 1.91. The Balaban J connectivity index is 1.77. The fourth-order valence-corrected chi connectivity index (χ4v) is 3.58. The Morgan fingerprint density at radius 2 is 1.90 bits per heavy atom. The van der Waals surface area contributed by atoms with Gasteiger partial charge < -0.3 is 14.8 Å². The number of ether oxygens (including phenoxy) is 2. The number of imide groups is 1. The summed E-state index contributed by atoms with van der Waals surface area (Å²) in [7, 11) is 1.53. The number of para-hydroxylation sites is 2. The fraction of sp³-hybridized carbons (Fsp3) is 0.190. The van der Waals surface area contributed by atoms with Gasteiger partial charge in [0.2, 0.25) is 5.91 Å². The van der Waals surface area contributed by atoms with Gasteiger partial charge in [0.1, 0.15) is 6.54 Å². The maximum absolute atomic E-state index is 12.7. The van der Waals surface area contributed by atoms with E-state index >= 15 is 0 Å². The van der Waals surface area contributed by atoms with Gasteiger partial charge in [0.15, 0.2) is 11.5 Å². The summed E-state index contributed by atoms with van der Waals surface area (Å²) in [6, 6.07) is 14.1. The van der Waals surface area contributed by atoms with Crippen LogP contribution >= 0.6 is 11.8 Å². The van der Waals surface area contributed by atoms with Crippen LogP contribution < -0.4 is 14.8 Å². The molecule has 1 heterocycles. The van der Waals surface area contributed by atoms with Crippen LogP contribution in [0.15, 0.2) is 53.4 Å². The summed E-state index contributed by atoms with van der Waals surface area (Å²) in [5, 5.41) is 2.17. The first-order valence-corrected chi connectivity index (χ1v) is 9.75. The van der Waals surface area contributed by atoms with E-state index in [1.54, 1.807) is 48.5 Å². The Hall–Kier alpha value is -3.26. The Morgan fingerprint density at radius 3 is 2.59 bits per heavy atom. The summed E-state index contributed by atoms with van der Waals surface area (Å²) in [5.74, 6) is 0.0535. The number of methoxy groups -OCH3 is 1. The number of carbonyl (C=O) groups excluding carboxylic acids is 3. The van der Waals surface area contributed by atoms with Gasteiger partial charge in [0.05, 0.1) is 18.6 Å². The molecule has 0 aliphatic carbocycles. The second-order valence-corrected chi connectivity index (χ2v) is 6.99. The third-order valence-corrected chi connectivity index (χ3v) is 4.94. The third kappa shape index (κ3) is 4.78. The molecule has 0 radical (unpaired) electrons. The smallest absolute Gasteiger partial charge is 0.294 e. The SMILES string of the molecule is CCOc1c(/C=C2/SC(=O)N(CC(=O)Nc3ccccc3)C2=O)cccc1OC. The highest BCUT2D eigenvalue weighted by molar-refractivity contribution is 8.18. The van der Waals surface area contributed by atoms with E-state index in [1.165, 1.54) is 7.11 Å². The van der Waals surface area contributed by atoms with Crippen molar-refractivity contribution < 1.29 is 23.9 Å². The lowest BCUT2D eigenvalue weighted by molar-refractivity contribution is -0.127. The zero-order chi connectivity index (χ0) is 20.8. The molecule has 2 aromatic rings. The number of amides is 3. The van der Waals surface area contributed by atoms with E-state index in [-0.39, 0.29) is 11.4 Å². The van der Waals surface area contributed by atoms with Crippen LogP contribution in [0, 0.1) is 0 Å². The average molecular weight is 412 g/mol. The van der Waals surface area contributed by atoms with Gasteiger partial charge >= 0.3 is 0 Å². The summed E-state index contributed by atoms with van der Waals surface area (Å²) in [6.07, 6.45) is 1.58. The minimum absolute atomic E-state index is 0.219. The third-order valence-electron chi connectivity index (χ3n) is 4.04. The molecule has 0 saturated carbocycles. The van der Waals surface area contributed by atoms with E-state index in [1.807, 2.05) is 13.0 Å². The summed E-state index contributed by atoms with van der Waals surface area (Å²) >= 11 is 0.787. The molecule has 29 heavy (non-hydrogen) atoms. The number of hydrogen-bond donors (Lipinski definition) is 1. The Morgan fingerprint density at radius 1 is 1.14 bits per heavy atom. The number of hydrogen-bond acceptors (Lipinski definition) is 6. The molecule has 3 amide bonds. The van der Waals surface area contributed by atoms with Crippen molar-refractivity contribution in [2.75, 3.05) is 25.6 Å². The molecule has 0 unspecified atom stereocenters. The number of nitrogens with one attached hydrogen (secondary N) is 1. The standard InChI is InChI=1S/C21H20N2O5S/c1-3-28-19-14(8-7-11-16(19)27-2)12-17-20(25)23(21(26)29-17)13-18(24)22-15-9-5-4-6-10-15/h4-12H,3,13H2,1-2H3,(H,22,24)/b17-12+. The molecule has 1 aliphatic heterocycles. The quantitative estimate of drug-likeness (QED) is 0.697. The predicted molar refractivity (Wildman–Crippen MR) is 112 cm³/mol. The molecule has 150 valence electrons. The van der Waals surface area contributed by atoms with Gasteiger partial charge in [0, 0.05) is 11.3 Å². The molecule has 0 atom stereocenters. The molecule has 2 aromatic carbocycles. The van der Waals surface area contributed by atoms with Gasteiger partial charge in [-0.05, 0) is 43.0 Å². The average Bonchev–Trinajstić information content (AvgIpc) is 2.97. The van der Waals surface area contributed by atoms with Crippen molar-refractivity contribution in [3.8, 4) is 11.5 Å². The lowest BCUT2D eigenvalue weighted by Gasteiger charge is -2.13. The zero-order valence-corrected chi connectivity index (χ0v) is 16.8.